The molecule has 5 heteroatoms. The average Bonchev–Trinajstić information content (AvgIpc) is 2.76. The molecule has 0 saturated carbocycles. The van der Waals surface area contributed by atoms with Crippen LogP contribution in [-0.4, -0.2) is 5.11 Å². The fourth-order valence-corrected chi connectivity index (χ4v) is 3.17. The second-order valence-corrected chi connectivity index (χ2v) is 6.92. The molecular formula is C25H19FO4. The Morgan fingerprint density at radius 3 is 2.37 bits per heavy atom. The van der Waals surface area contributed by atoms with E-state index in [1.807, 2.05) is 24.3 Å². The monoisotopic (exact) mass is 402 g/mol. The van der Waals surface area contributed by atoms with Crippen LogP contribution in [0.1, 0.15) is 22.3 Å². The number of benzene rings is 3. The van der Waals surface area contributed by atoms with Gasteiger partial charge in [0.25, 0.3) is 0 Å². The summed E-state index contributed by atoms with van der Waals surface area (Å²) < 4.78 is 24.0. The third-order valence-electron chi connectivity index (χ3n) is 4.86. The molecule has 4 nitrogen and oxygen atoms in total. The molecule has 1 heterocycles. The molecule has 30 heavy (non-hydrogen) atoms. The summed E-state index contributed by atoms with van der Waals surface area (Å²) in [6, 6.07) is 20.3. The number of ether oxygens (including phenoxy) is 1. The van der Waals surface area contributed by atoms with E-state index in [1.54, 1.807) is 36.4 Å². The van der Waals surface area contributed by atoms with Gasteiger partial charge in [0.1, 0.15) is 29.5 Å². The van der Waals surface area contributed by atoms with Crippen molar-refractivity contribution in [3.63, 3.8) is 0 Å². The summed E-state index contributed by atoms with van der Waals surface area (Å²) in [7, 11) is 0. The molecular weight excluding hydrogens is 383 g/mol. The van der Waals surface area contributed by atoms with Crippen LogP contribution in [0.2, 0.25) is 0 Å². The SMILES string of the molecule is C=C(OCc1ccc(F)cc1)c1ccc(Cc2c(O)c3ccccc3oc2=O)cc1. The standard InChI is InChI=1S/C25H19FO4/c1-16(29-15-18-8-12-20(26)13-9-18)19-10-6-17(7-11-19)14-22-24(27)21-4-2-3-5-23(21)30-25(22)28/h2-13,27H,1,14-15H2. The number of halogens is 1. The van der Waals surface area contributed by atoms with Crippen molar-refractivity contribution in [1.29, 1.82) is 0 Å². The quantitative estimate of drug-likeness (QED) is 0.346. The highest BCUT2D eigenvalue weighted by Gasteiger charge is 2.14. The van der Waals surface area contributed by atoms with E-state index >= 15 is 0 Å². The van der Waals surface area contributed by atoms with Gasteiger partial charge in [-0.1, -0.05) is 55.1 Å². The molecule has 150 valence electrons. The summed E-state index contributed by atoms with van der Waals surface area (Å²) in [4.78, 5) is 12.3. The van der Waals surface area contributed by atoms with Crippen molar-refractivity contribution < 1.29 is 18.7 Å². The topological polar surface area (TPSA) is 59.7 Å². The second kappa shape index (κ2) is 8.25. The number of hydrogen-bond acceptors (Lipinski definition) is 4. The molecule has 4 aromatic rings. The summed E-state index contributed by atoms with van der Waals surface area (Å²) in [6.07, 6.45) is 0.238. The van der Waals surface area contributed by atoms with E-state index < -0.39 is 5.63 Å². The zero-order valence-corrected chi connectivity index (χ0v) is 16.1. The van der Waals surface area contributed by atoms with Crippen LogP contribution in [0.15, 0.2) is 88.6 Å². The third-order valence-corrected chi connectivity index (χ3v) is 4.86. The van der Waals surface area contributed by atoms with Gasteiger partial charge in [-0.2, -0.15) is 0 Å². The van der Waals surface area contributed by atoms with Gasteiger partial charge in [0.2, 0.25) is 0 Å². The first-order valence-electron chi connectivity index (χ1n) is 9.40. The molecule has 0 radical (unpaired) electrons. The lowest BCUT2D eigenvalue weighted by atomic mass is 10.0. The Kier molecular flexibility index (Phi) is 5.35. The van der Waals surface area contributed by atoms with E-state index in [4.69, 9.17) is 9.15 Å². The van der Waals surface area contributed by atoms with E-state index in [0.717, 1.165) is 16.7 Å². The van der Waals surface area contributed by atoms with Crippen LogP contribution in [-0.2, 0) is 17.8 Å². The Morgan fingerprint density at radius 1 is 0.967 bits per heavy atom. The van der Waals surface area contributed by atoms with E-state index in [0.29, 0.717) is 16.7 Å². The lowest BCUT2D eigenvalue weighted by Crippen LogP contribution is -2.08. The summed E-state index contributed by atoms with van der Waals surface area (Å²) in [6.45, 7) is 4.22. The highest BCUT2D eigenvalue weighted by molar-refractivity contribution is 5.84. The first-order valence-corrected chi connectivity index (χ1v) is 9.40. The zero-order chi connectivity index (χ0) is 21.1. The summed E-state index contributed by atoms with van der Waals surface area (Å²) in [5.41, 5.74) is 2.48. The zero-order valence-electron chi connectivity index (χ0n) is 16.1. The maximum Gasteiger partial charge on any atom is 0.343 e. The molecule has 0 fully saturated rings. The minimum Gasteiger partial charge on any atom is -0.507 e. The fraction of sp³-hybridized carbons (Fsp3) is 0.0800. The molecule has 4 rings (SSSR count). The van der Waals surface area contributed by atoms with Crippen LogP contribution in [0.4, 0.5) is 4.39 Å². The van der Waals surface area contributed by atoms with Gasteiger partial charge in [-0.3, -0.25) is 0 Å². The molecule has 3 aromatic carbocycles. The molecule has 0 atom stereocenters. The van der Waals surface area contributed by atoms with Crippen molar-refractivity contribution in [2.24, 2.45) is 0 Å². The molecule has 0 saturated heterocycles. The van der Waals surface area contributed by atoms with Crippen molar-refractivity contribution in [3.8, 4) is 5.75 Å². The highest BCUT2D eigenvalue weighted by atomic mass is 19.1. The van der Waals surface area contributed by atoms with Gasteiger partial charge in [-0.25, -0.2) is 9.18 Å². The number of para-hydroxylation sites is 1. The van der Waals surface area contributed by atoms with Gasteiger partial charge in [0.15, 0.2) is 0 Å². The molecule has 0 spiro atoms. The second-order valence-electron chi connectivity index (χ2n) is 6.92. The summed E-state index contributed by atoms with van der Waals surface area (Å²) in [5, 5.41) is 11.0. The van der Waals surface area contributed by atoms with Crippen molar-refractivity contribution in [3.05, 3.63) is 118 Å². The Balaban J connectivity index is 1.47. The third kappa shape index (κ3) is 4.10. The Bertz CT molecular complexity index is 1260. The van der Waals surface area contributed by atoms with Crippen molar-refractivity contribution in [1.82, 2.24) is 0 Å². The summed E-state index contributed by atoms with van der Waals surface area (Å²) in [5.74, 6) is 0.136. The number of aromatic hydroxyl groups is 1. The number of hydrogen-bond donors (Lipinski definition) is 1. The number of fused-ring (bicyclic) bond motifs is 1. The van der Waals surface area contributed by atoms with Gasteiger partial charge in [-0.05, 0) is 35.4 Å². The molecule has 0 aliphatic rings. The molecule has 1 aromatic heterocycles. The van der Waals surface area contributed by atoms with Crippen LogP contribution >= 0.6 is 0 Å². The van der Waals surface area contributed by atoms with Crippen molar-refractivity contribution >= 4 is 16.7 Å². The Morgan fingerprint density at radius 2 is 1.63 bits per heavy atom. The van der Waals surface area contributed by atoms with Crippen molar-refractivity contribution in [2.45, 2.75) is 13.0 Å². The lowest BCUT2D eigenvalue weighted by molar-refractivity contribution is 0.265. The largest absolute Gasteiger partial charge is 0.507 e. The predicted octanol–water partition coefficient (Wildman–Crippen LogP) is 5.42. The molecule has 1 N–H and O–H groups in total. The molecule has 0 aliphatic heterocycles. The van der Waals surface area contributed by atoms with Crippen LogP contribution < -0.4 is 5.63 Å². The van der Waals surface area contributed by atoms with Gasteiger partial charge >= 0.3 is 5.63 Å². The fourth-order valence-electron chi connectivity index (χ4n) is 3.17. The maximum absolute atomic E-state index is 13.0. The molecule has 0 amide bonds. The average molecular weight is 402 g/mol. The minimum absolute atomic E-state index is 0.0574. The normalized spacial score (nSPS) is 10.8. The predicted molar refractivity (Wildman–Crippen MR) is 114 cm³/mol. The van der Waals surface area contributed by atoms with E-state index in [1.165, 1.54) is 12.1 Å². The first-order chi connectivity index (χ1) is 14.5. The lowest BCUT2D eigenvalue weighted by Gasteiger charge is -2.11. The van der Waals surface area contributed by atoms with E-state index in [-0.39, 0.29) is 30.2 Å². The van der Waals surface area contributed by atoms with Crippen LogP contribution in [0.3, 0.4) is 0 Å². The Hall–Kier alpha value is -3.86. The van der Waals surface area contributed by atoms with Gasteiger partial charge in [0, 0.05) is 12.0 Å². The van der Waals surface area contributed by atoms with Gasteiger partial charge in [0.05, 0.1) is 10.9 Å². The molecule has 0 unspecified atom stereocenters. The smallest absolute Gasteiger partial charge is 0.343 e. The Labute approximate surface area is 172 Å². The maximum atomic E-state index is 13.0. The first kappa shape index (κ1) is 19.5. The van der Waals surface area contributed by atoms with Crippen LogP contribution in [0.25, 0.3) is 16.7 Å². The highest BCUT2D eigenvalue weighted by Crippen LogP contribution is 2.28. The van der Waals surface area contributed by atoms with Gasteiger partial charge in [-0.15, -0.1) is 0 Å². The summed E-state index contributed by atoms with van der Waals surface area (Å²) >= 11 is 0. The van der Waals surface area contributed by atoms with Crippen LogP contribution in [0, 0.1) is 5.82 Å². The van der Waals surface area contributed by atoms with Gasteiger partial charge < -0.3 is 14.3 Å². The molecule has 0 aliphatic carbocycles. The van der Waals surface area contributed by atoms with E-state index in [2.05, 4.69) is 6.58 Å². The number of rotatable bonds is 6. The molecule has 0 bridgehead atoms. The van der Waals surface area contributed by atoms with Crippen LogP contribution in [0.5, 0.6) is 5.75 Å². The van der Waals surface area contributed by atoms with Crippen molar-refractivity contribution in [2.75, 3.05) is 0 Å². The van der Waals surface area contributed by atoms with E-state index in [9.17, 15) is 14.3 Å². The minimum atomic E-state index is -0.553.